The Balaban J connectivity index is 2.96. The van der Waals surface area contributed by atoms with Crippen LogP contribution in [0, 0.1) is 5.41 Å². The van der Waals surface area contributed by atoms with E-state index in [2.05, 4.69) is 57.8 Å². The fourth-order valence-corrected chi connectivity index (χ4v) is 4.56. The number of carbonyl (C=O) groups excluding carboxylic acids is 2. The van der Waals surface area contributed by atoms with E-state index in [-0.39, 0.29) is 4.88 Å². The van der Waals surface area contributed by atoms with Gasteiger partial charge in [0.15, 0.2) is 6.61 Å². The lowest BCUT2D eigenvalue weighted by atomic mass is 9.86. The van der Waals surface area contributed by atoms with E-state index in [0.717, 1.165) is 11.3 Å². The van der Waals surface area contributed by atoms with Crippen molar-refractivity contribution in [1.82, 2.24) is 5.32 Å². The van der Waals surface area contributed by atoms with Crippen LogP contribution in [0.3, 0.4) is 0 Å². The Morgan fingerprint density at radius 2 is 1.71 bits per heavy atom. The minimum atomic E-state index is -4.63. The van der Waals surface area contributed by atoms with Gasteiger partial charge < -0.3 is 10.1 Å². The Morgan fingerprint density at radius 1 is 1.17 bits per heavy atom. The molecule has 4 nitrogen and oxygen atoms in total. The molecule has 1 N–H and O–H groups in total. The molecule has 0 aliphatic heterocycles. The zero-order valence-electron chi connectivity index (χ0n) is 12.7. The quantitative estimate of drug-likeness (QED) is 0.510. The molecule has 0 bridgehead atoms. The summed E-state index contributed by atoms with van der Waals surface area (Å²) in [4.78, 5) is 24.7. The molecule has 0 aliphatic rings. The zero-order valence-corrected chi connectivity index (χ0v) is 18.3. The Morgan fingerprint density at radius 3 is 2.08 bits per heavy atom. The van der Waals surface area contributed by atoms with Crippen LogP contribution >= 0.6 is 59.1 Å². The molecule has 1 heterocycles. The van der Waals surface area contributed by atoms with Gasteiger partial charge in [-0.2, -0.15) is 13.2 Å². The maximum absolute atomic E-state index is 12.4. The van der Waals surface area contributed by atoms with Crippen molar-refractivity contribution < 1.29 is 27.5 Å². The van der Waals surface area contributed by atoms with Gasteiger partial charge in [-0.25, -0.2) is 4.79 Å². The van der Waals surface area contributed by atoms with Gasteiger partial charge in [-0.05, 0) is 53.2 Å². The second kappa shape index (κ2) is 8.05. The largest absolute Gasteiger partial charge is 0.454 e. The van der Waals surface area contributed by atoms with Crippen molar-refractivity contribution >= 4 is 71.0 Å². The average molecular weight is 560 g/mol. The lowest BCUT2D eigenvalue weighted by Crippen LogP contribution is -2.50. The van der Waals surface area contributed by atoms with E-state index in [1.165, 1.54) is 0 Å². The third-order valence-corrected chi connectivity index (χ3v) is 7.75. The molecule has 0 radical (unpaired) electrons. The minimum Gasteiger partial charge on any atom is -0.454 e. The third kappa shape index (κ3) is 5.99. The standard InChI is InChI=1S/C13H13Br3F3NO3S/c1-12(2,3)8(11(22)23-4-13(17,18)19)20-10(21)7-5(14)6(15)9(16)24-7/h8H,4H2,1-3H3,(H,20,21)/t8-/m1/s1. The molecule has 0 fully saturated rings. The summed E-state index contributed by atoms with van der Waals surface area (Å²) in [7, 11) is 0. The molecular weight excluding hydrogens is 547 g/mol. The van der Waals surface area contributed by atoms with Crippen molar-refractivity contribution in [3.63, 3.8) is 0 Å². The fourth-order valence-electron chi connectivity index (χ4n) is 1.57. The van der Waals surface area contributed by atoms with Gasteiger partial charge >= 0.3 is 12.1 Å². The molecule has 0 aromatic carbocycles. The van der Waals surface area contributed by atoms with Crippen LogP contribution in [-0.4, -0.2) is 30.7 Å². The van der Waals surface area contributed by atoms with Crippen LogP contribution in [0.1, 0.15) is 30.4 Å². The number of halogens is 6. The SMILES string of the molecule is CC(C)(C)[C@H](NC(=O)c1sc(Br)c(Br)c1Br)C(=O)OCC(F)(F)F. The number of alkyl halides is 3. The molecule has 1 atom stereocenters. The predicted molar refractivity (Wildman–Crippen MR) is 95.1 cm³/mol. The van der Waals surface area contributed by atoms with E-state index in [0.29, 0.717) is 12.7 Å². The highest BCUT2D eigenvalue weighted by atomic mass is 79.9. The van der Waals surface area contributed by atoms with Crippen molar-refractivity contribution in [2.45, 2.75) is 33.0 Å². The monoisotopic (exact) mass is 557 g/mol. The normalized spacial score (nSPS) is 13.5. The first-order chi connectivity index (χ1) is 10.7. The van der Waals surface area contributed by atoms with Crippen molar-refractivity contribution in [1.29, 1.82) is 0 Å². The predicted octanol–water partition coefficient (Wildman–Crippen LogP) is 5.29. The zero-order chi connectivity index (χ0) is 18.9. The molecule has 1 aromatic heterocycles. The van der Waals surface area contributed by atoms with E-state index in [1.54, 1.807) is 20.8 Å². The summed E-state index contributed by atoms with van der Waals surface area (Å²) in [6.07, 6.45) is -4.63. The first-order valence-electron chi connectivity index (χ1n) is 6.41. The van der Waals surface area contributed by atoms with Crippen LogP contribution in [0.5, 0.6) is 0 Å². The van der Waals surface area contributed by atoms with Gasteiger partial charge in [0.05, 0.1) is 12.7 Å². The van der Waals surface area contributed by atoms with Gasteiger partial charge in [-0.15, -0.1) is 11.3 Å². The number of nitrogens with one attached hydrogen (secondary N) is 1. The van der Waals surface area contributed by atoms with Crippen LogP contribution in [0.4, 0.5) is 13.2 Å². The van der Waals surface area contributed by atoms with Crippen LogP contribution in [-0.2, 0) is 9.53 Å². The van der Waals surface area contributed by atoms with Gasteiger partial charge in [0.25, 0.3) is 5.91 Å². The summed E-state index contributed by atoms with van der Waals surface area (Å²) < 4.78 is 42.7. The minimum absolute atomic E-state index is 0.270. The van der Waals surface area contributed by atoms with Gasteiger partial charge in [-0.3, -0.25) is 4.79 Å². The molecule has 1 aromatic rings. The summed E-state index contributed by atoms with van der Waals surface area (Å²) in [6.45, 7) is 3.14. The number of hydrogen-bond acceptors (Lipinski definition) is 4. The molecule has 0 unspecified atom stereocenters. The molecule has 1 rings (SSSR count). The second-order valence-electron chi connectivity index (χ2n) is 5.83. The number of thiophene rings is 1. The number of rotatable bonds is 4. The van der Waals surface area contributed by atoms with Gasteiger partial charge in [0.1, 0.15) is 10.9 Å². The topological polar surface area (TPSA) is 55.4 Å². The van der Waals surface area contributed by atoms with E-state index in [1.807, 2.05) is 0 Å². The molecule has 1 amide bonds. The molecule has 0 saturated carbocycles. The van der Waals surface area contributed by atoms with Crippen LogP contribution < -0.4 is 5.32 Å². The number of carbonyl (C=O) groups is 2. The summed E-state index contributed by atoms with van der Waals surface area (Å²) in [5.41, 5.74) is -0.837. The van der Waals surface area contributed by atoms with Crippen LogP contribution in [0.15, 0.2) is 12.7 Å². The van der Waals surface area contributed by atoms with Crippen LogP contribution in [0.2, 0.25) is 0 Å². The van der Waals surface area contributed by atoms with E-state index in [4.69, 9.17) is 0 Å². The fraction of sp³-hybridized carbons (Fsp3) is 0.538. The summed E-state index contributed by atoms with van der Waals surface area (Å²) in [5.74, 6) is -1.74. The molecular formula is C13H13Br3F3NO3S. The summed E-state index contributed by atoms with van der Waals surface area (Å²) in [5, 5.41) is 2.45. The first kappa shape index (κ1) is 21.9. The number of amides is 1. The highest BCUT2D eigenvalue weighted by molar-refractivity contribution is 9.14. The summed E-state index contributed by atoms with van der Waals surface area (Å²) in [6, 6.07) is -1.24. The van der Waals surface area contributed by atoms with Gasteiger partial charge in [-0.1, -0.05) is 20.8 Å². The molecule has 136 valence electrons. The maximum Gasteiger partial charge on any atom is 0.422 e. The Kier molecular flexibility index (Phi) is 7.35. The van der Waals surface area contributed by atoms with Crippen molar-refractivity contribution in [2.24, 2.45) is 5.41 Å². The Labute approximate surface area is 165 Å². The van der Waals surface area contributed by atoms with Crippen LogP contribution in [0.25, 0.3) is 0 Å². The van der Waals surface area contributed by atoms with Crippen molar-refractivity contribution in [2.75, 3.05) is 6.61 Å². The van der Waals surface area contributed by atoms with Crippen molar-refractivity contribution in [3.05, 3.63) is 17.6 Å². The third-order valence-electron chi connectivity index (χ3n) is 2.72. The molecule has 0 spiro atoms. The molecule has 0 saturated heterocycles. The van der Waals surface area contributed by atoms with Gasteiger partial charge in [0, 0.05) is 0 Å². The van der Waals surface area contributed by atoms with E-state index in [9.17, 15) is 22.8 Å². The average Bonchev–Trinajstić information content (AvgIpc) is 2.67. The smallest absolute Gasteiger partial charge is 0.422 e. The lowest BCUT2D eigenvalue weighted by Gasteiger charge is -2.29. The summed E-state index contributed by atoms with van der Waals surface area (Å²) >= 11 is 10.9. The molecule has 0 aliphatic carbocycles. The maximum atomic E-state index is 12.4. The Hall–Kier alpha value is -0.130. The molecule has 24 heavy (non-hydrogen) atoms. The second-order valence-corrected chi connectivity index (χ2v) is 9.75. The lowest BCUT2D eigenvalue weighted by molar-refractivity contribution is -0.189. The Bertz CT molecular complexity index is 641. The number of hydrogen-bond donors (Lipinski definition) is 1. The van der Waals surface area contributed by atoms with Gasteiger partial charge in [0.2, 0.25) is 0 Å². The highest BCUT2D eigenvalue weighted by Gasteiger charge is 2.38. The molecule has 11 heteroatoms. The first-order valence-corrected chi connectivity index (χ1v) is 9.61. The highest BCUT2D eigenvalue weighted by Crippen LogP contribution is 2.41. The number of esters is 1. The van der Waals surface area contributed by atoms with E-state index < -0.39 is 36.1 Å². The number of ether oxygens (including phenoxy) is 1. The van der Waals surface area contributed by atoms with E-state index >= 15 is 0 Å². The van der Waals surface area contributed by atoms with Crippen molar-refractivity contribution in [3.8, 4) is 0 Å².